The molecule has 136 valence electrons. The van der Waals surface area contributed by atoms with Gasteiger partial charge in [-0.3, -0.25) is 4.79 Å². The first-order valence-corrected chi connectivity index (χ1v) is 8.51. The number of unbranched alkanes of at least 4 members (excludes halogenated alkanes) is 1. The monoisotopic (exact) mass is 345 g/mol. The number of hydrogen-bond donors (Lipinski definition) is 2. The minimum absolute atomic E-state index is 0.247. The number of alkyl carbamates (subject to hydrolysis) is 1. The Hall–Kier alpha value is -2.55. The average molecular weight is 345 g/mol. The van der Waals surface area contributed by atoms with Gasteiger partial charge >= 0.3 is 6.09 Å². The molecule has 1 rings (SSSR count). The Balaban J connectivity index is 2.80. The number of carbonyl (C=O) groups excluding carboxylic acids is 2. The van der Waals surface area contributed by atoms with Gasteiger partial charge < -0.3 is 15.4 Å². The molecule has 6 nitrogen and oxygen atoms in total. The summed E-state index contributed by atoms with van der Waals surface area (Å²) in [6.45, 7) is 7.91. The highest BCUT2D eigenvalue weighted by atomic mass is 16.6. The lowest BCUT2D eigenvalue weighted by Gasteiger charge is -2.23. The molecule has 6 heteroatoms. The van der Waals surface area contributed by atoms with Crippen LogP contribution in [0, 0.1) is 11.3 Å². The van der Waals surface area contributed by atoms with Crippen LogP contribution in [0.3, 0.4) is 0 Å². The summed E-state index contributed by atoms with van der Waals surface area (Å²) in [4.78, 5) is 24.5. The van der Waals surface area contributed by atoms with E-state index in [1.807, 2.05) is 6.92 Å². The third-order valence-corrected chi connectivity index (χ3v) is 3.36. The van der Waals surface area contributed by atoms with Crippen molar-refractivity contribution in [1.29, 1.82) is 5.26 Å². The second kappa shape index (κ2) is 9.67. The third-order valence-electron chi connectivity index (χ3n) is 3.36. The molecule has 0 spiro atoms. The fraction of sp³-hybridized carbons (Fsp3) is 0.526. The summed E-state index contributed by atoms with van der Waals surface area (Å²) < 4.78 is 5.25. The maximum absolute atomic E-state index is 12.4. The highest BCUT2D eigenvalue weighted by Crippen LogP contribution is 2.10. The Kier molecular flexibility index (Phi) is 7.93. The number of rotatable bonds is 7. The number of carbonyl (C=O) groups is 2. The van der Waals surface area contributed by atoms with E-state index in [0.717, 1.165) is 18.4 Å². The molecule has 0 radical (unpaired) electrons. The maximum atomic E-state index is 12.4. The quantitative estimate of drug-likeness (QED) is 0.743. The predicted octanol–water partition coefficient (Wildman–Crippen LogP) is 2.91. The number of nitrogens with one attached hydrogen (secondary N) is 2. The van der Waals surface area contributed by atoms with Crippen LogP contribution in [0.15, 0.2) is 24.3 Å². The van der Waals surface area contributed by atoms with Crippen molar-refractivity contribution in [3.05, 3.63) is 35.4 Å². The number of nitriles is 1. The van der Waals surface area contributed by atoms with Crippen molar-refractivity contribution in [2.24, 2.45) is 0 Å². The van der Waals surface area contributed by atoms with Gasteiger partial charge in [0, 0.05) is 13.0 Å². The second-order valence-corrected chi connectivity index (χ2v) is 6.86. The first kappa shape index (κ1) is 20.5. The molecule has 0 fully saturated rings. The van der Waals surface area contributed by atoms with E-state index in [9.17, 15) is 9.59 Å². The van der Waals surface area contributed by atoms with Crippen LogP contribution in [0.1, 0.15) is 51.7 Å². The molecule has 0 heterocycles. The van der Waals surface area contributed by atoms with Gasteiger partial charge in [0.15, 0.2) is 0 Å². The lowest BCUT2D eigenvalue weighted by atomic mass is 10.0. The lowest BCUT2D eigenvalue weighted by Crippen LogP contribution is -2.49. The summed E-state index contributed by atoms with van der Waals surface area (Å²) in [5.74, 6) is -0.247. The van der Waals surface area contributed by atoms with Gasteiger partial charge in [-0.05, 0) is 44.9 Å². The average Bonchev–Trinajstić information content (AvgIpc) is 2.53. The molecular weight excluding hydrogens is 318 g/mol. The topological polar surface area (TPSA) is 91.2 Å². The molecule has 0 saturated carbocycles. The molecular formula is C19H27N3O3. The lowest BCUT2D eigenvalue weighted by molar-refractivity contribution is -0.123. The molecule has 0 bridgehead atoms. The minimum atomic E-state index is -0.736. The van der Waals surface area contributed by atoms with Crippen molar-refractivity contribution in [3.63, 3.8) is 0 Å². The summed E-state index contributed by atoms with van der Waals surface area (Å²) in [5, 5.41) is 14.3. The van der Waals surface area contributed by atoms with Gasteiger partial charge in [0.25, 0.3) is 0 Å². The first-order chi connectivity index (χ1) is 11.7. The second-order valence-electron chi connectivity index (χ2n) is 6.86. The number of amides is 2. The van der Waals surface area contributed by atoms with Crippen molar-refractivity contribution in [3.8, 4) is 6.07 Å². The van der Waals surface area contributed by atoms with Crippen LogP contribution in [0.4, 0.5) is 4.79 Å². The normalized spacial score (nSPS) is 12.0. The minimum Gasteiger partial charge on any atom is -0.444 e. The van der Waals surface area contributed by atoms with Crippen molar-refractivity contribution < 1.29 is 14.3 Å². The summed E-state index contributed by atoms with van der Waals surface area (Å²) in [5.41, 5.74) is 0.764. The first-order valence-electron chi connectivity index (χ1n) is 8.51. The molecule has 0 aliphatic carbocycles. The molecule has 1 atom stereocenters. The summed E-state index contributed by atoms with van der Waals surface area (Å²) in [7, 11) is 0. The largest absolute Gasteiger partial charge is 0.444 e. The molecule has 1 aromatic carbocycles. The highest BCUT2D eigenvalue weighted by Gasteiger charge is 2.24. The van der Waals surface area contributed by atoms with Gasteiger partial charge in [-0.15, -0.1) is 0 Å². The van der Waals surface area contributed by atoms with E-state index in [1.165, 1.54) is 0 Å². The number of ether oxygens (including phenoxy) is 1. The highest BCUT2D eigenvalue weighted by molar-refractivity contribution is 5.86. The van der Waals surface area contributed by atoms with Gasteiger partial charge in [-0.1, -0.05) is 25.5 Å². The van der Waals surface area contributed by atoms with Crippen LogP contribution < -0.4 is 10.6 Å². The standard InChI is InChI=1S/C19H27N3O3/c1-5-6-11-21-17(23)16(22-18(24)25-19(2,3)4)12-14-7-9-15(13-20)10-8-14/h7-10,16H,5-6,11-12H2,1-4H3,(H,21,23)(H,22,24). The molecule has 1 aromatic rings. The molecule has 2 N–H and O–H groups in total. The van der Waals surface area contributed by atoms with Crippen LogP contribution in [0.2, 0.25) is 0 Å². The van der Waals surface area contributed by atoms with Crippen molar-refractivity contribution in [1.82, 2.24) is 10.6 Å². The van der Waals surface area contributed by atoms with Gasteiger partial charge in [-0.2, -0.15) is 5.26 Å². The van der Waals surface area contributed by atoms with Gasteiger partial charge in [0.2, 0.25) is 5.91 Å². The van der Waals surface area contributed by atoms with Gasteiger partial charge in [0.1, 0.15) is 11.6 Å². The van der Waals surface area contributed by atoms with Crippen molar-refractivity contribution >= 4 is 12.0 Å². The number of nitrogens with zero attached hydrogens (tertiary/aromatic N) is 1. The van der Waals surface area contributed by atoms with E-state index in [2.05, 4.69) is 16.7 Å². The molecule has 2 amide bonds. The zero-order chi connectivity index (χ0) is 18.9. The Morgan fingerprint density at radius 3 is 2.40 bits per heavy atom. The van der Waals surface area contributed by atoms with E-state index in [4.69, 9.17) is 10.00 Å². The Morgan fingerprint density at radius 2 is 1.88 bits per heavy atom. The summed E-state index contributed by atoms with van der Waals surface area (Å²) in [6.07, 6.45) is 1.54. The zero-order valence-electron chi connectivity index (χ0n) is 15.4. The fourth-order valence-corrected chi connectivity index (χ4v) is 2.12. The SMILES string of the molecule is CCCCNC(=O)C(Cc1ccc(C#N)cc1)NC(=O)OC(C)(C)C. The summed E-state index contributed by atoms with van der Waals surface area (Å²) >= 11 is 0. The molecule has 0 aliphatic rings. The molecule has 0 aromatic heterocycles. The van der Waals surface area contributed by atoms with E-state index in [1.54, 1.807) is 45.0 Å². The summed E-state index contributed by atoms with van der Waals surface area (Å²) in [6, 6.07) is 8.25. The molecule has 25 heavy (non-hydrogen) atoms. The van der Waals surface area contributed by atoms with Crippen molar-refractivity contribution in [2.45, 2.75) is 58.6 Å². The predicted molar refractivity (Wildman–Crippen MR) is 95.9 cm³/mol. The zero-order valence-corrected chi connectivity index (χ0v) is 15.4. The van der Waals surface area contributed by atoms with Crippen LogP contribution in [0.5, 0.6) is 0 Å². The third kappa shape index (κ3) is 8.20. The van der Waals surface area contributed by atoms with Crippen molar-refractivity contribution in [2.75, 3.05) is 6.54 Å². The smallest absolute Gasteiger partial charge is 0.408 e. The fourth-order valence-electron chi connectivity index (χ4n) is 2.12. The van der Waals surface area contributed by atoms with Gasteiger partial charge in [-0.25, -0.2) is 4.79 Å². The molecule has 0 saturated heterocycles. The maximum Gasteiger partial charge on any atom is 0.408 e. The number of benzene rings is 1. The number of hydrogen-bond acceptors (Lipinski definition) is 4. The molecule has 0 aliphatic heterocycles. The van der Waals surface area contributed by atoms with E-state index in [0.29, 0.717) is 18.5 Å². The van der Waals surface area contributed by atoms with E-state index < -0.39 is 17.7 Å². The van der Waals surface area contributed by atoms with Crippen LogP contribution in [-0.4, -0.2) is 30.2 Å². The van der Waals surface area contributed by atoms with Gasteiger partial charge in [0.05, 0.1) is 11.6 Å². The van der Waals surface area contributed by atoms with E-state index >= 15 is 0 Å². The van der Waals surface area contributed by atoms with Crippen LogP contribution >= 0.6 is 0 Å². The van der Waals surface area contributed by atoms with E-state index in [-0.39, 0.29) is 5.91 Å². The molecule has 1 unspecified atom stereocenters. The van der Waals surface area contributed by atoms with Crippen LogP contribution in [0.25, 0.3) is 0 Å². The van der Waals surface area contributed by atoms with Crippen LogP contribution in [-0.2, 0) is 16.0 Å². The Bertz CT molecular complexity index is 612. The Morgan fingerprint density at radius 1 is 1.24 bits per heavy atom. The Labute approximate surface area is 149 Å².